The monoisotopic (exact) mass is 485 g/mol. The van der Waals surface area contributed by atoms with E-state index in [1.807, 2.05) is 17.5 Å². The normalized spacial score (nSPS) is 23.0. The van der Waals surface area contributed by atoms with Crippen molar-refractivity contribution in [1.29, 1.82) is 0 Å². The highest BCUT2D eigenvalue weighted by molar-refractivity contribution is 7.91. The molecule has 3 aliphatic rings. The van der Waals surface area contributed by atoms with Crippen molar-refractivity contribution in [3.63, 3.8) is 0 Å². The van der Waals surface area contributed by atoms with Gasteiger partial charge in [-0.2, -0.15) is 5.10 Å². The fraction of sp³-hybridized carbons (Fsp3) is 0.458. The molecule has 0 bridgehead atoms. The maximum absolute atomic E-state index is 13.3. The molecule has 1 aromatic heterocycles. The number of hydrogen-bond acceptors (Lipinski definition) is 6. The van der Waals surface area contributed by atoms with Gasteiger partial charge in [0, 0.05) is 17.7 Å². The predicted octanol–water partition coefficient (Wildman–Crippen LogP) is 3.00. The van der Waals surface area contributed by atoms with Crippen molar-refractivity contribution in [2.24, 2.45) is 5.10 Å². The Kier molecular flexibility index (Phi) is 6.09. The number of thiophene rings is 1. The van der Waals surface area contributed by atoms with Gasteiger partial charge in [0.05, 0.1) is 23.6 Å². The van der Waals surface area contributed by atoms with Crippen LogP contribution in [0.4, 0.5) is 0 Å². The maximum atomic E-state index is 13.3. The fourth-order valence-electron chi connectivity index (χ4n) is 4.91. The van der Waals surface area contributed by atoms with Gasteiger partial charge in [0.15, 0.2) is 9.84 Å². The number of nitrogens with one attached hydrogen (secondary N) is 1. The van der Waals surface area contributed by atoms with Gasteiger partial charge in [0.2, 0.25) is 5.91 Å². The van der Waals surface area contributed by atoms with Crippen LogP contribution in [0.1, 0.15) is 59.7 Å². The molecule has 1 N–H and O–H groups in total. The van der Waals surface area contributed by atoms with E-state index in [4.69, 9.17) is 0 Å². The molecular weight excluding hydrogens is 458 g/mol. The summed E-state index contributed by atoms with van der Waals surface area (Å²) in [6.45, 7) is 0. The summed E-state index contributed by atoms with van der Waals surface area (Å²) in [5, 5.41) is 10.7. The lowest BCUT2D eigenvalue weighted by atomic mass is 9.89. The van der Waals surface area contributed by atoms with Crippen molar-refractivity contribution in [3.05, 3.63) is 57.3 Å². The zero-order chi connectivity index (χ0) is 23.0. The lowest BCUT2D eigenvalue weighted by molar-refractivity contribution is -0.133. The second-order valence-electron chi connectivity index (χ2n) is 9.00. The molecule has 1 aliphatic carbocycles. The van der Waals surface area contributed by atoms with Crippen molar-refractivity contribution < 1.29 is 18.0 Å². The largest absolute Gasteiger partial charge is 0.339 e. The Labute approximate surface area is 197 Å². The first kappa shape index (κ1) is 22.3. The molecule has 33 heavy (non-hydrogen) atoms. The summed E-state index contributed by atoms with van der Waals surface area (Å²) >= 11 is 1.59. The van der Waals surface area contributed by atoms with Gasteiger partial charge in [-0.25, -0.2) is 13.4 Å². The van der Waals surface area contributed by atoms with Crippen molar-refractivity contribution in [2.75, 3.05) is 11.5 Å². The van der Waals surface area contributed by atoms with Crippen LogP contribution < -0.4 is 5.32 Å². The SMILES string of the molecule is O=C(N[C@H](c1ccc2c(c1)CCCC2)c1cccs1)C1=NN([C@H]2CCS(=O)(=O)C2)C(=O)CC1. The molecule has 5 rings (SSSR count). The van der Waals surface area contributed by atoms with Gasteiger partial charge in [-0.15, -0.1) is 11.3 Å². The van der Waals surface area contributed by atoms with E-state index in [-0.39, 0.29) is 47.9 Å². The lowest BCUT2D eigenvalue weighted by Gasteiger charge is -2.28. The number of sulfone groups is 1. The standard InChI is InChI=1S/C24H27N3O4S2/c28-22-10-9-20(26-27(22)19-11-13-33(30,31)15-19)24(29)25-23(21-6-3-12-32-21)18-8-7-16-4-1-2-5-17(16)14-18/h3,6-8,12,14,19,23H,1-2,4-5,9-11,13,15H2,(H,25,29)/t19-,23+/m0/s1. The molecule has 3 heterocycles. The highest BCUT2D eigenvalue weighted by Gasteiger charge is 2.37. The van der Waals surface area contributed by atoms with Gasteiger partial charge in [0.1, 0.15) is 5.71 Å². The Balaban J connectivity index is 1.40. The predicted molar refractivity (Wildman–Crippen MR) is 128 cm³/mol. The molecule has 7 nitrogen and oxygen atoms in total. The third-order valence-corrected chi connectivity index (χ3v) is 9.37. The van der Waals surface area contributed by atoms with Gasteiger partial charge in [-0.3, -0.25) is 9.59 Å². The minimum absolute atomic E-state index is 0.0529. The first-order valence-corrected chi connectivity index (χ1v) is 14.2. The number of carbonyl (C=O) groups is 2. The van der Waals surface area contributed by atoms with Crippen molar-refractivity contribution in [1.82, 2.24) is 10.3 Å². The molecule has 2 amide bonds. The van der Waals surface area contributed by atoms with Crippen LogP contribution in [0.15, 0.2) is 40.8 Å². The number of rotatable bonds is 5. The molecule has 1 saturated heterocycles. The van der Waals surface area contributed by atoms with Crippen LogP contribution in [0.3, 0.4) is 0 Å². The first-order chi connectivity index (χ1) is 15.9. The van der Waals surface area contributed by atoms with E-state index in [0.717, 1.165) is 23.3 Å². The summed E-state index contributed by atoms with van der Waals surface area (Å²) in [5.74, 6) is -0.580. The number of hydrogen-bond donors (Lipinski definition) is 1. The zero-order valence-corrected chi connectivity index (χ0v) is 20.0. The Hall–Kier alpha value is -2.52. The Morgan fingerprint density at radius 2 is 1.94 bits per heavy atom. The van der Waals surface area contributed by atoms with Crippen LogP contribution in [0.25, 0.3) is 0 Å². The number of fused-ring (bicyclic) bond motifs is 1. The van der Waals surface area contributed by atoms with Crippen molar-refractivity contribution >= 4 is 38.7 Å². The molecule has 2 atom stereocenters. The quantitative estimate of drug-likeness (QED) is 0.704. The molecular formula is C24H27N3O4S2. The summed E-state index contributed by atoms with van der Waals surface area (Å²) in [7, 11) is -3.16. The lowest BCUT2D eigenvalue weighted by Crippen LogP contribution is -2.44. The summed E-state index contributed by atoms with van der Waals surface area (Å²) in [5.41, 5.74) is 4.05. The number of carbonyl (C=O) groups excluding carboxylic acids is 2. The van der Waals surface area contributed by atoms with Gasteiger partial charge in [-0.05, 0) is 60.2 Å². The third-order valence-electron chi connectivity index (χ3n) is 6.69. The van der Waals surface area contributed by atoms with E-state index in [0.29, 0.717) is 6.42 Å². The van der Waals surface area contributed by atoms with Gasteiger partial charge < -0.3 is 5.32 Å². The summed E-state index contributed by atoms with van der Waals surface area (Å²) in [6.07, 6.45) is 5.33. The average Bonchev–Trinajstić information content (AvgIpc) is 3.47. The fourth-order valence-corrected chi connectivity index (χ4v) is 7.40. The highest BCUT2D eigenvalue weighted by atomic mass is 32.2. The van der Waals surface area contributed by atoms with Crippen LogP contribution in [-0.2, 0) is 32.3 Å². The molecule has 0 saturated carbocycles. The first-order valence-electron chi connectivity index (χ1n) is 11.5. The molecule has 1 fully saturated rings. The molecule has 0 spiro atoms. The topological polar surface area (TPSA) is 95.9 Å². The second-order valence-corrected chi connectivity index (χ2v) is 12.2. The molecule has 2 aromatic rings. The van der Waals surface area contributed by atoms with Gasteiger partial charge in [0.25, 0.3) is 5.91 Å². The van der Waals surface area contributed by atoms with Crippen LogP contribution in [-0.4, -0.2) is 48.5 Å². The molecule has 0 radical (unpaired) electrons. The van der Waals surface area contributed by atoms with E-state index in [9.17, 15) is 18.0 Å². The Morgan fingerprint density at radius 3 is 2.67 bits per heavy atom. The Morgan fingerprint density at radius 1 is 1.12 bits per heavy atom. The highest BCUT2D eigenvalue weighted by Crippen LogP contribution is 2.30. The number of amides is 2. The van der Waals surface area contributed by atoms with Crippen LogP contribution in [0, 0.1) is 0 Å². The minimum atomic E-state index is -3.16. The summed E-state index contributed by atoms with van der Waals surface area (Å²) in [6, 6.07) is 9.67. The average molecular weight is 486 g/mol. The zero-order valence-electron chi connectivity index (χ0n) is 18.3. The van der Waals surface area contributed by atoms with Gasteiger partial charge >= 0.3 is 0 Å². The van der Waals surface area contributed by atoms with E-state index in [2.05, 4.69) is 28.6 Å². The Bertz CT molecular complexity index is 1200. The molecule has 0 unspecified atom stereocenters. The van der Waals surface area contributed by atoms with Crippen LogP contribution in [0.5, 0.6) is 0 Å². The van der Waals surface area contributed by atoms with Crippen LogP contribution >= 0.6 is 11.3 Å². The summed E-state index contributed by atoms with van der Waals surface area (Å²) < 4.78 is 23.8. The molecule has 2 aliphatic heterocycles. The second kappa shape index (κ2) is 9.02. The number of aryl methyl sites for hydroxylation is 2. The smallest absolute Gasteiger partial charge is 0.268 e. The molecule has 9 heteroatoms. The van der Waals surface area contributed by atoms with E-state index < -0.39 is 15.9 Å². The van der Waals surface area contributed by atoms with Crippen LogP contribution in [0.2, 0.25) is 0 Å². The van der Waals surface area contributed by atoms with E-state index in [1.165, 1.54) is 29.0 Å². The number of nitrogens with zero attached hydrogens (tertiary/aromatic N) is 2. The number of benzene rings is 1. The third kappa shape index (κ3) is 4.75. The summed E-state index contributed by atoms with van der Waals surface area (Å²) in [4.78, 5) is 26.7. The van der Waals surface area contributed by atoms with Crippen molar-refractivity contribution in [3.8, 4) is 0 Å². The molecule has 174 valence electrons. The molecule has 1 aromatic carbocycles. The van der Waals surface area contributed by atoms with Gasteiger partial charge in [-0.1, -0.05) is 24.3 Å². The maximum Gasteiger partial charge on any atom is 0.268 e. The number of hydrazone groups is 1. The van der Waals surface area contributed by atoms with E-state index >= 15 is 0 Å². The minimum Gasteiger partial charge on any atom is -0.339 e. The van der Waals surface area contributed by atoms with E-state index in [1.54, 1.807) is 11.3 Å². The van der Waals surface area contributed by atoms with Crippen molar-refractivity contribution in [2.45, 2.75) is 57.0 Å².